The molecule has 0 aromatic heterocycles. The zero-order chi connectivity index (χ0) is 14.5. The zero-order valence-electron chi connectivity index (χ0n) is 12.2. The molecule has 0 aromatic rings. The lowest BCUT2D eigenvalue weighted by molar-refractivity contribution is 0.587. The van der Waals surface area contributed by atoms with Crippen molar-refractivity contribution in [3.05, 3.63) is 48.2 Å². The maximum Gasteiger partial charge on any atom is 0.0524 e. The van der Waals surface area contributed by atoms with Crippen LogP contribution in [0.15, 0.2) is 53.2 Å². The maximum absolute atomic E-state index is 4.55. The topological polar surface area (TPSA) is 24.4 Å². The molecule has 0 aromatic carbocycles. The Kier molecular flexibility index (Phi) is 5.67. The van der Waals surface area contributed by atoms with Gasteiger partial charge in [0, 0.05) is 27.8 Å². The lowest BCUT2D eigenvalue weighted by Gasteiger charge is -2.27. The van der Waals surface area contributed by atoms with Crippen molar-refractivity contribution in [2.24, 2.45) is 4.99 Å². The monoisotopic (exact) mass is 276 g/mol. The summed E-state index contributed by atoms with van der Waals surface area (Å²) in [7, 11) is 0. The largest absolute Gasteiger partial charge is 0.362 e. The van der Waals surface area contributed by atoms with Crippen LogP contribution in [0.3, 0.4) is 0 Å². The Balaban J connectivity index is 2.72. The van der Waals surface area contributed by atoms with Gasteiger partial charge < -0.3 is 5.32 Å². The smallest absolute Gasteiger partial charge is 0.0524 e. The van der Waals surface area contributed by atoms with Crippen molar-refractivity contribution in [3.8, 4) is 0 Å². The van der Waals surface area contributed by atoms with Crippen molar-refractivity contribution < 1.29 is 0 Å². The first-order valence-electron chi connectivity index (χ1n) is 6.50. The molecule has 0 amide bonds. The summed E-state index contributed by atoms with van der Waals surface area (Å²) < 4.78 is 0. The number of allylic oxidation sites excluding steroid dienone is 4. The van der Waals surface area contributed by atoms with Crippen LogP contribution in [0.25, 0.3) is 0 Å². The number of hydrogen-bond acceptors (Lipinski definition) is 3. The molecular weight excluding hydrogens is 252 g/mol. The average molecular weight is 276 g/mol. The minimum atomic E-state index is -0.0586. The predicted octanol–water partition coefficient (Wildman–Crippen LogP) is 4.44. The Hall–Kier alpha value is -1.22. The highest BCUT2D eigenvalue weighted by molar-refractivity contribution is 8.04. The van der Waals surface area contributed by atoms with Gasteiger partial charge in [0.25, 0.3) is 0 Å². The van der Waals surface area contributed by atoms with Crippen molar-refractivity contribution in [1.29, 1.82) is 0 Å². The fourth-order valence-electron chi connectivity index (χ4n) is 1.63. The van der Waals surface area contributed by atoms with Crippen LogP contribution < -0.4 is 5.32 Å². The van der Waals surface area contributed by atoms with E-state index in [1.54, 1.807) is 17.8 Å². The highest BCUT2D eigenvalue weighted by Gasteiger charge is 2.20. The van der Waals surface area contributed by atoms with E-state index in [9.17, 15) is 0 Å². The highest BCUT2D eigenvalue weighted by atomic mass is 32.2. The summed E-state index contributed by atoms with van der Waals surface area (Å²) in [5.41, 5.74) is 2.02. The second-order valence-corrected chi connectivity index (χ2v) is 6.91. The van der Waals surface area contributed by atoms with E-state index in [0.29, 0.717) is 5.25 Å². The molecule has 1 heterocycles. The minimum Gasteiger partial charge on any atom is -0.362 e. The zero-order valence-corrected chi connectivity index (χ0v) is 13.0. The molecule has 1 aliphatic heterocycles. The second kappa shape index (κ2) is 6.80. The van der Waals surface area contributed by atoms with Gasteiger partial charge in [-0.15, -0.1) is 11.8 Å². The summed E-state index contributed by atoms with van der Waals surface area (Å²) in [5, 5.41) is 3.61. The molecule has 1 saturated heterocycles. The van der Waals surface area contributed by atoms with Crippen LogP contribution in [0, 0.1) is 0 Å². The first-order valence-corrected chi connectivity index (χ1v) is 7.38. The average Bonchev–Trinajstić information content (AvgIpc) is 2.28. The third kappa shape index (κ3) is 5.97. The van der Waals surface area contributed by atoms with E-state index in [0.717, 1.165) is 29.1 Å². The number of nitrogens with one attached hydrogen (secondary N) is 1. The van der Waals surface area contributed by atoms with E-state index in [4.69, 9.17) is 0 Å². The van der Waals surface area contributed by atoms with Crippen LogP contribution in [0.4, 0.5) is 0 Å². The Morgan fingerprint density at radius 2 is 2.11 bits per heavy atom. The van der Waals surface area contributed by atoms with Gasteiger partial charge in [-0.25, -0.2) is 0 Å². The summed E-state index contributed by atoms with van der Waals surface area (Å²) in [6.07, 6.45) is 7.79. The van der Waals surface area contributed by atoms with E-state index in [2.05, 4.69) is 50.8 Å². The molecule has 19 heavy (non-hydrogen) atoms. The van der Waals surface area contributed by atoms with Gasteiger partial charge in [0.1, 0.15) is 0 Å². The summed E-state index contributed by atoms with van der Waals surface area (Å²) in [4.78, 5) is 5.67. The van der Waals surface area contributed by atoms with Gasteiger partial charge in [0.05, 0.1) is 5.54 Å². The molecule has 1 aliphatic rings. The normalized spacial score (nSPS) is 21.6. The molecule has 1 N–H and O–H groups in total. The predicted molar refractivity (Wildman–Crippen MR) is 88.6 cm³/mol. The summed E-state index contributed by atoms with van der Waals surface area (Å²) in [5.74, 6) is 0. The van der Waals surface area contributed by atoms with Gasteiger partial charge in [0.2, 0.25) is 0 Å². The number of thioether (sulfide) groups is 1. The SMILES string of the molecule is C=C/C=C(\C=N/C(C)(C)C)SC1CCC(=C)NC1=C. The Morgan fingerprint density at radius 1 is 1.42 bits per heavy atom. The molecule has 1 unspecified atom stereocenters. The molecule has 0 radical (unpaired) electrons. The van der Waals surface area contributed by atoms with Crippen LogP contribution in [-0.4, -0.2) is 17.0 Å². The fourth-order valence-corrected chi connectivity index (χ4v) is 2.68. The van der Waals surface area contributed by atoms with Gasteiger partial charge >= 0.3 is 0 Å². The van der Waals surface area contributed by atoms with Gasteiger partial charge in [-0.05, 0) is 39.7 Å². The molecule has 104 valence electrons. The molecule has 1 atom stereocenters. The fraction of sp³-hybridized carbons (Fsp3) is 0.438. The van der Waals surface area contributed by atoms with Crippen LogP contribution in [0.1, 0.15) is 33.6 Å². The molecular formula is C16H24N2S. The number of nitrogens with zero attached hydrogens (tertiary/aromatic N) is 1. The standard InChI is InChI=1S/C16H24N2S/c1-7-8-14(11-17-16(4,5)6)19-15-10-9-12(2)18-13(15)3/h7-8,11,15,18H,1-3,9-10H2,4-6H3/b14-8+,17-11-. The van der Waals surface area contributed by atoms with E-state index < -0.39 is 0 Å². The van der Waals surface area contributed by atoms with Gasteiger partial charge in [0.15, 0.2) is 0 Å². The Bertz CT molecular complexity index is 425. The molecule has 3 heteroatoms. The van der Waals surface area contributed by atoms with Crippen LogP contribution in [-0.2, 0) is 0 Å². The molecule has 0 bridgehead atoms. The second-order valence-electron chi connectivity index (χ2n) is 5.63. The molecule has 2 nitrogen and oxygen atoms in total. The van der Waals surface area contributed by atoms with Crippen molar-refractivity contribution in [3.63, 3.8) is 0 Å². The van der Waals surface area contributed by atoms with Crippen molar-refractivity contribution in [2.75, 3.05) is 0 Å². The highest BCUT2D eigenvalue weighted by Crippen LogP contribution is 2.32. The maximum atomic E-state index is 4.55. The number of hydrogen-bond donors (Lipinski definition) is 1. The molecule has 0 aliphatic carbocycles. The first kappa shape index (κ1) is 15.8. The lowest BCUT2D eigenvalue weighted by Crippen LogP contribution is -2.26. The lowest BCUT2D eigenvalue weighted by atomic mass is 10.1. The van der Waals surface area contributed by atoms with E-state index in [1.807, 2.05) is 12.3 Å². The van der Waals surface area contributed by atoms with Crippen molar-refractivity contribution in [2.45, 2.75) is 44.4 Å². The van der Waals surface area contributed by atoms with E-state index in [1.165, 1.54) is 0 Å². The van der Waals surface area contributed by atoms with Crippen LogP contribution in [0.2, 0.25) is 0 Å². The number of aliphatic imine (C=N–C) groups is 1. The Morgan fingerprint density at radius 3 is 2.63 bits per heavy atom. The van der Waals surface area contributed by atoms with E-state index in [-0.39, 0.29) is 5.54 Å². The summed E-state index contributed by atoms with van der Waals surface area (Å²) in [6, 6.07) is 0. The van der Waals surface area contributed by atoms with Gasteiger partial charge in [-0.1, -0.05) is 25.8 Å². The van der Waals surface area contributed by atoms with Crippen LogP contribution in [0.5, 0.6) is 0 Å². The Labute approximate surface area is 121 Å². The van der Waals surface area contributed by atoms with Gasteiger partial charge in [-0.3, -0.25) is 4.99 Å². The summed E-state index contributed by atoms with van der Waals surface area (Å²) in [6.45, 7) is 18.1. The quantitative estimate of drug-likeness (QED) is 0.606. The number of piperidine rings is 1. The van der Waals surface area contributed by atoms with Crippen molar-refractivity contribution >= 4 is 18.0 Å². The van der Waals surface area contributed by atoms with Crippen molar-refractivity contribution in [1.82, 2.24) is 5.32 Å². The molecule has 0 saturated carbocycles. The third-order valence-corrected chi connectivity index (χ3v) is 3.89. The van der Waals surface area contributed by atoms with Crippen LogP contribution >= 0.6 is 11.8 Å². The third-order valence-electron chi connectivity index (χ3n) is 2.57. The van der Waals surface area contributed by atoms with E-state index >= 15 is 0 Å². The molecule has 1 fully saturated rings. The first-order chi connectivity index (χ1) is 8.81. The molecule has 0 spiro atoms. The minimum absolute atomic E-state index is 0.0586. The molecule has 1 rings (SSSR count). The summed E-state index contributed by atoms with van der Waals surface area (Å²) >= 11 is 1.78. The van der Waals surface area contributed by atoms with Gasteiger partial charge in [-0.2, -0.15) is 0 Å². The number of rotatable bonds is 4.